The molecule has 1 aromatic carbocycles. The van der Waals surface area contributed by atoms with Crippen LogP contribution in [0, 0.1) is 23.0 Å². The number of nitrogens with one attached hydrogen (secondary N) is 2. The van der Waals surface area contributed by atoms with Crippen LogP contribution in [0.15, 0.2) is 24.3 Å². The van der Waals surface area contributed by atoms with Crippen LogP contribution in [0.2, 0.25) is 0 Å². The Morgan fingerprint density at radius 2 is 2.09 bits per heavy atom. The zero-order valence-corrected chi connectivity index (χ0v) is 13.3. The van der Waals surface area contributed by atoms with E-state index >= 15 is 0 Å². The van der Waals surface area contributed by atoms with Crippen molar-refractivity contribution in [1.82, 2.24) is 9.97 Å². The van der Waals surface area contributed by atoms with Gasteiger partial charge in [0.25, 0.3) is 0 Å². The van der Waals surface area contributed by atoms with Gasteiger partial charge >= 0.3 is 5.69 Å². The molecule has 0 saturated carbocycles. The third-order valence-electron chi connectivity index (χ3n) is 3.04. The molecule has 0 saturated heterocycles. The molecule has 0 bridgehead atoms. The molecule has 23 heavy (non-hydrogen) atoms. The fourth-order valence-corrected chi connectivity index (χ4v) is 1.97. The van der Waals surface area contributed by atoms with Crippen molar-refractivity contribution in [2.45, 2.75) is 20.8 Å². The molecule has 1 heterocycles. The van der Waals surface area contributed by atoms with Crippen LogP contribution in [0.25, 0.3) is 0 Å². The third-order valence-corrected chi connectivity index (χ3v) is 3.04. The second-order valence-corrected chi connectivity index (χ2v) is 5.66. The maximum Gasteiger partial charge on any atom is 0.353 e. The Morgan fingerprint density at radius 1 is 1.35 bits per heavy atom. The van der Waals surface area contributed by atoms with Crippen LogP contribution in [-0.2, 0) is 0 Å². The van der Waals surface area contributed by atoms with E-state index in [1.165, 1.54) is 0 Å². The fraction of sp³-hybridized carbons (Fsp3) is 0.333. The van der Waals surface area contributed by atoms with Crippen LogP contribution in [0.5, 0.6) is 0 Å². The Hall–Kier alpha value is -2.90. The smallest absolute Gasteiger partial charge is 0.353 e. The van der Waals surface area contributed by atoms with Crippen LogP contribution in [0.3, 0.4) is 0 Å². The van der Waals surface area contributed by atoms with Gasteiger partial charge in [-0.2, -0.15) is 9.97 Å². The third kappa shape index (κ3) is 4.29. The molecule has 0 amide bonds. The minimum Gasteiger partial charge on any atom is -0.378 e. The molecular formula is C15H20N6O2. The van der Waals surface area contributed by atoms with Crippen molar-refractivity contribution in [2.75, 3.05) is 22.9 Å². The number of nitro groups is 1. The first-order valence-corrected chi connectivity index (χ1v) is 7.26. The minimum atomic E-state index is -0.584. The summed E-state index contributed by atoms with van der Waals surface area (Å²) in [5, 5.41) is 17.2. The van der Waals surface area contributed by atoms with Gasteiger partial charge in [-0.3, -0.25) is 10.1 Å². The van der Waals surface area contributed by atoms with Gasteiger partial charge in [0.15, 0.2) is 0 Å². The molecular weight excluding hydrogens is 296 g/mol. The predicted molar refractivity (Wildman–Crippen MR) is 90.9 cm³/mol. The second kappa shape index (κ2) is 6.91. The van der Waals surface area contributed by atoms with Crippen molar-refractivity contribution in [3.8, 4) is 0 Å². The van der Waals surface area contributed by atoms with Crippen LogP contribution in [-0.4, -0.2) is 21.4 Å². The van der Waals surface area contributed by atoms with E-state index in [-0.39, 0.29) is 23.3 Å². The van der Waals surface area contributed by atoms with Gasteiger partial charge < -0.3 is 16.4 Å². The summed E-state index contributed by atoms with van der Waals surface area (Å²) < 4.78 is 0. The van der Waals surface area contributed by atoms with Crippen molar-refractivity contribution in [3.05, 3.63) is 39.9 Å². The Bertz CT molecular complexity index is 717. The average molecular weight is 316 g/mol. The predicted octanol–water partition coefficient (Wildman–Crippen LogP) is 3.09. The van der Waals surface area contributed by atoms with E-state index in [4.69, 9.17) is 5.73 Å². The monoisotopic (exact) mass is 316 g/mol. The summed E-state index contributed by atoms with van der Waals surface area (Å²) >= 11 is 0. The van der Waals surface area contributed by atoms with Crippen molar-refractivity contribution >= 4 is 29.0 Å². The molecule has 122 valence electrons. The van der Waals surface area contributed by atoms with E-state index in [1.54, 1.807) is 6.07 Å². The summed E-state index contributed by atoms with van der Waals surface area (Å²) in [5.41, 5.74) is 7.13. The molecule has 4 N–H and O–H groups in total. The summed E-state index contributed by atoms with van der Waals surface area (Å²) in [5.74, 6) is 0.533. The van der Waals surface area contributed by atoms with Crippen molar-refractivity contribution in [3.63, 3.8) is 0 Å². The standard InChI is InChI=1S/C15H20N6O2/c1-9(2)8-17-15-19-13(16)12(21(22)23)14(20-15)18-11-6-4-5-10(3)7-11/h4-7,9H,8H2,1-3H3,(H4,16,17,18,19,20). The molecule has 1 aromatic heterocycles. The zero-order chi connectivity index (χ0) is 17.0. The molecule has 0 aliphatic carbocycles. The van der Waals surface area contributed by atoms with Gasteiger partial charge in [0.2, 0.25) is 17.6 Å². The van der Waals surface area contributed by atoms with Gasteiger partial charge in [-0.1, -0.05) is 26.0 Å². The number of benzene rings is 1. The minimum absolute atomic E-state index is 0.0688. The van der Waals surface area contributed by atoms with Gasteiger partial charge in [-0.05, 0) is 30.5 Å². The van der Waals surface area contributed by atoms with Crippen LogP contribution in [0.4, 0.5) is 29.0 Å². The van der Waals surface area contributed by atoms with Crippen molar-refractivity contribution in [1.29, 1.82) is 0 Å². The van der Waals surface area contributed by atoms with Crippen molar-refractivity contribution < 1.29 is 4.92 Å². The number of hydrogen-bond donors (Lipinski definition) is 3. The van der Waals surface area contributed by atoms with Crippen LogP contribution in [0.1, 0.15) is 19.4 Å². The normalized spacial score (nSPS) is 10.6. The number of hydrogen-bond acceptors (Lipinski definition) is 7. The van der Waals surface area contributed by atoms with Crippen LogP contribution >= 0.6 is 0 Å². The van der Waals surface area contributed by atoms with E-state index in [2.05, 4.69) is 20.6 Å². The van der Waals surface area contributed by atoms with Gasteiger partial charge in [0, 0.05) is 12.2 Å². The first-order valence-electron chi connectivity index (χ1n) is 7.26. The number of anilines is 4. The Morgan fingerprint density at radius 3 is 2.70 bits per heavy atom. The number of rotatable bonds is 6. The number of nitrogens with zero attached hydrogens (tertiary/aromatic N) is 3. The molecule has 2 rings (SSSR count). The highest BCUT2D eigenvalue weighted by Gasteiger charge is 2.23. The van der Waals surface area contributed by atoms with E-state index in [0.717, 1.165) is 5.56 Å². The maximum absolute atomic E-state index is 11.3. The summed E-state index contributed by atoms with van der Waals surface area (Å²) in [6, 6.07) is 7.45. The van der Waals surface area contributed by atoms with Gasteiger partial charge in [-0.25, -0.2) is 0 Å². The number of nitrogens with two attached hydrogens (primary N) is 1. The Kier molecular flexibility index (Phi) is 4.95. The lowest BCUT2D eigenvalue weighted by atomic mass is 10.2. The van der Waals surface area contributed by atoms with E-state index in [9.17, 15) is 10.1 Å². The number of aryl methyl sites for hydroxylation is 1. The van der Waals surface area contributed by atoms with E-state index < -0.39 is 4.92 Å². The number of nitrogen functional groups attached to an aromatic ring is 1. The van der Waals surface area contributed by atoms with Crippen LogP contribution < -0.4 is 16.4 Å². The largest absolute Gasteiger partial charge is 0.378 e. The summed E-state index contributed by atoms with van der Waals surface area (Å²) in [6.45, 7) is 6.64. The molecule has 2 aromatic rings. The highest BCUT2D eigenvalue weighted by Crippen LogP contribution is 2.31. The maximum atomic E-state index is 11.3. The summed E-state index contributed by atoms with van der Waals surface area (Å²) in [4.78, 5) is 18.8. The fourth-order valence-electron chi connectivity index (χ4n) is 1.97. The molecule has 0 aliphatic rings. The Balaban J connectivity index is 2.39. The zero-order valence-electron chi connectivity index (χ0n) is 13.3. The average Bonchev–Trinajstić information content (AvgIpc) is 2.44. The van der Waals surface area contributed by atoms with Gasteiger partial charge in [-0.15, -0.1) is 0 Å². The van der Waals surface area contributed by atoms with Gasteiger partial charge in [0.05, 0.1) is 4.92 Å². The summed E-state index contributed by atoms with van der Waals surface area (Å²) in [7, 11) is 0. The first-order chi connectivity index (χ1) is 10.9. The first kappa shape index (κ1) is 16.5. The lowest BCUT2D eigenvalue weighted by Gasteiger charge is -2.12. The van der Waals surface area contributed by atoms with E-state index in [1.807, 2.05) is 39.0 Å². The quantitative estimate of drug-likeness (QED) is 0.553. The molecule has 0 atom stereocenters. The highest BCUT2D eigenvalue weighted by atomic mass is 16.6. The lowest BCUT2D eigenvalue weighted by molar-refractivity contribution is -0.383. The molecule has 0 unspecified atom stereocenters. The second-order valence-electron chi connectivity index (χ2n) is 5.66. The van der Waals surface area contributed by atoms with E-state index in [0.29, 0.717) is 18.2 Å². The van der Waals surface area contributed by atoms with Gasteiger partial charge in [0.1, 0.15) is 0 Å². The topological polar surface area (TPSA) is 119 Å². The lowest BCUT2D eigenvalue weighted by Crippen LogP contribution is -2.14. The highest BCUT2D eigenvalue weighted by molar-refractivity contribution is 5.74. The summed E-state index contributed by atoms with van der Waals surface area (Å²) in [6.07, 6.45) is 0. The van der Waals surface area contributed by atoms with Crippen molar-refractivity contribution in [2.24, 2.45) is 5.92 Å². The molecule has 8 heteroatoms. The SMILES string of the molecule is Cc1cccc(Nc2nc(NCC(C)C)nc(N)c2[N+](=O)[O-])c1. The Labute approximate surface area is 134 Å². The molecule has 0 aliphatic heterocycles. The molecule has 0 fully saturated rings. The number of aromatic nitrogens is 2. The molecule has 0 radical (unpaired) electrons. The molecule has 0 spiro atoms. The molecule has 8 nitrogen and oxygen atoms in total.